The Labute approximate surface area is 230 Å². The van der Waals surface area contributed by atoms with Crippen molar-refractivity contribution < 1.29 is 44.6 Å². The molecule has 0 aromatic heterocycles. The highest BCUT2D eigenvalue weighted by Crippen LogP contribution is 2.47. The average Bonchev–Trinajstić information content (AvgIpc) is 3.44. The van der Waals surface area contributed by atoms with E-state index in [1.807, 2.05) is 0 Å². The second kappa shape index (κ2) is 9.27. The third-order valence-electron chi connectivity index (χ3n) is 6.59. The molecule has 0 saturated carbocycles. The van der Waals surface area contributed by atoms with Crippen LogP contribution in [0.5, 0.6) is 40.2 Å². The van der Waals surface area contributed by atoms with Gasteiger partial charge in [-0.25, -0.2) is 0 Å². The van der Waals surface area contributed by atoms with E-state index < -0.39 is 28.8 Å². The number of aromatic hydroxyl groups is 5. The number of nitroso groups, excluding NO2 is 1. The molecule has 0 atom stereocenters. The van der Waals surface area contributed by atoms with Gasteiger partial charge in [0.2, 0.25) is 11.6 Å². The Morgan fingerprint density at radius 2 is 1.05 bits per heavy atom. The lowest BCUT2D eigenvalue weighted by molar-refractivity contribution is 0.100. The molecule has 202 valence electrons. The minimum absolute atomic E-state index is 0.0137. The molecule has 0 aliphatic carbocycles. The third-order valence-corrected chi connectivity index (χ3v) is 6.59. The van der Waals surface area contributed by atoms with Crippen molar-refractivity contribution in [3.8, 4) is 40.2 Å². The van der Waals surface area contributed by atoms with Crippen molar-refractivity contribution in [3.05, 3.63) is 111 Å². The van der Waals surface area contributed by atoms with Crippen LogP contribution in [-0.2, 0) is 0 Å². The van der Waals surface area contributed by atoms with E-state index in [1.165, 1.54) is 54.6 Å². The summed E-state index contributed by atoms with van der Waals surface area (Å²) in [5, 5.41) is 53.2. The molecule has 2 aliphatic heterocycles. The molecule has 0 saturated heterocycles. The van der Waals surface area contributed by atoms with E-state index in [0.717, 1.165) is 18.2 Å². The number of allylic oxidation sites excluding steroid dienone is 4. The van der Waals surface area contributed by atoms with Crippen LogP contribution in [0.25, 0.3) is 11.1 Å². The number of rotatable bonds is 4. The van der Waals surface area contributed by atoms with Crippen LogP contribution in [0.15, 0.2) is 89.5 Å². The van der Waals surface area contributed by atoms with Gasteiger partial charge in [0.25, 0.3) is 0 Å². The number of ether oxygens (including phenoxy) is 2. The smallest absolute Gasteiger partial charge is 0.232 e. The number of benzene rings is 4. The summed E-state index contributed by atoms with van der Waals surface area (Å²) in [6.45, 7) is 0. The first kappa shape index (κ1) is 25.2. The number of fused-ring (bicyclic) bond motifs is 2. The van der Waals surface area contributed by atoms with Crippen molar-refractivity contribution in [1.82, 2.24) is 0 Å². The van der Waals surface area contributed by atoms with Crippen molar-refractivity contribution in [1.29, 1.82) is 0 Å². The van der Waals surface area contributed by atoms with Crippen molar-refractivity contribution >= 4 is 28.4 Å². The Morgan fingerprint density at radius 1 is 0.561 bits per heavy atom. The maximum absolute atomic E-state index is 13.7. The lowest BCUT2D eigenvalue weighted by Crippen LogP contribution is -2.10. The third kappa shape index (κ3) is 4.08. The molecular formula is C30H17NO10. The van der Waals surface area contributed by atoms with Gasteiger partial charge in [-0.2, -0.15) is 0 Å². The van der Waals surface area contributed by atoms with Crippen LogP contribution in [-0.4, -0.2) is 37.1 Å². The van der Waals surface area contributed by atoms with Crippen molar-refractivity contribution in [2.24, 2.45) is 5.18 Å². The number of phenolic OH excluding ortho intramolecular Hbond substituents is 5. The van der Waals surface area contributed by atoms with Gasteiger partial charge in [-0.1, -0.05) is 12.1 Å². The van der Waals surface area contributed by atoms with Crippen LogP contribution < -0.4 is 9.47 Å². The van der Waals surface area contributed by atoms with E-state index in [9.17, 15) is 40.0 Å². The fourth-order valence-corrected chi connectivity index (χ4v) is 4.66. The Balaban J connectivity index is 1.72. The minimum atomic E-state index is -0.648. The predicted molar refractivity (Wildman–Crippen MR) is 143 cm³/mol. The molecule has 0 spiro atoms. The van der Waals surface area contributed by atoms with Gasteiger partial charge >= 0.3 is 0 Å². The second-order valence-corrected chi connectivity index (χ2v) is 9.13. The second-order valence-electron chi connectivity index (χ2n) is 9.13. The van der Waals surface area contributed by atoms with Gasteiger partial charge in [0.15, 0.2) is 23.0 Å². The summed E-state index contributed by atoms with van der Waals surface area (Å²) in [4.78, 5) is 38.9. The summed E-state index contributed by atoms with van der Waals surface area (Å²) < 4.78 is 11.8. The zero-order valence-corrected chi connectivity index (χ0v) is 20.7. The average molecular weight is 551 g/mol. The van der Waals surface area contributed by atoms with Crippen LogP contribution >= 0.6 is 0 Å². The lowest BCUT2D eigenvalue weighted by Gasteiger charge is -2.18. The maximum Gasteiger partial charge on any atom is 0.232 e. The van der Waals surface area contributed by atoms with E-state index >= 15 is 0 Å². The Bertz CT molecular complexity index is 1900. The summed E-state index contributed by atoms with van der Waals surface area (Å²) >= 11 is 0. The Hall–Kier alpha value is -6.10. The van der Waals surface area contributed by atoms with Crippen molar-refractivity contribution in [2.75, 3.05) is 0 Å². The van der Waals surface area contributed by atoms with E-state index in [2.05, 4.69) is 5.18 Å². The molecule has 0 fully saturated rings. The van der Waals surface area contributed by atoms with Gasteiger partial charge in [-0.05, 0) is 64.8 Å². The molecule has 4 aromatic carbocycles. The first-order valence-electron chi connectivity index (χ1n) is 12.0. The number of Topliss-reactive ketones (excluding diaryl/α,β-unsaturated/α-hetero) is 2. The quantitative estimate of drug-likeness (QED) is 0.127. The molecule has 0 unspecified atom stereocenters. The Kier molecular flexibility index (Phi) is 5.70. The summed E-state index contributed by atoms with van der Waals surface area (Å²) in [6.07, 6.45) is 0. The van der Waals surface area contributed by atoms with E-state index in [-0.39, 0.29) is 73.6 Å². The fourth-order valence-electron chi connectivity index (χ4n) is 4.66. The minimum Gasteiger partial charge on any atom is -0.508 e. The number of ketones is 2. The summed E-state index contributed by atoms with van der Waals surface area (Å²) in [6, 6.07) is 15.1. The normalized spacial score (nSPS) is 16.0. The summed E-state index contributed by atoms with van der Waals surface area (Å²) in [5.41, 5.74) is -0.214. The zero-order chi connectivity index (χ0) is 29.0. The predicted octanol–water partition coefficient (Wildman–Crippen LogP) is 5.29. The van der Waals surface area contributed by atoms with Crippen LogP contribution in [0.2, 0.25) is 0 Å². The zero-order valence-electron chi connectivity index (χ0n) is 20.7. The van der Waals surface area contributed by atoms with Gasteiger partial charge < -0.3 is 35.0 Å². The lowest BCUT2D eigenvalue weighted by atomic mass is 9.87. The van der Waals surface area contributed by atoms with Crippen molar-refractivity contribution in [2.45, 2.75) is 0 Å². The molecule has 11 heteroatoms. The fraction of sp³-hybridized carbons (Fsp3) is 0. The molecule has 2 heterocycles. The molecule has 5 N–H and O–H groups in total. The molecule has 41 heavy (non-hydrogen) atoms. The first-order chi connectivity index (χ1) is 19.7. The van der Waals surface area contributed by atoms with Crippen LogP contribution in [0.1, 0.15) is 31.8 Å². The van der Waals surface area contributed by atoms with Gasteiger partial charge in [-0.3, -0.25) is 9.59 Å². The molecule has 2 aliphatic rings. The van der Waals surface area contributed by atoms with Gasteiger partial charge in [-0.15, -0.1) is 4.91 Å². The molecule has 0 amide bonds. The molecule has 6 rings (SSSR count). The number of phenols is 5. The van der Waals surface area contributed by atoms with Gasteiger partial charge in [0, 0.05) is 23.3 Å². The summed E-state index contributed by atoms with van der Waals surface area (Å²) in [5.74, 6) is -3.76. The first-order valence-corrected chi connectivity index (χ1v) is 12.0. The highest BCUT2D eigenvalue weighted by molar-refractivity contribution is 6.27. The van der Waals surface area contributed by atoms with E-state index in [1.54, 1.807) is 0 Å². The molecule has 11 nitrogen and oxygen atoms in total. The van der Waals surface area contributed by atoms with Crippen molar-refractivity contribution in [3.63, 3.8) is 0 Å². The number of hydrogen-bond donors (Lipinski definition) is 5. The number of nitrogens with zero attached hydrogens (tertiary/aromatic N) is 1. The largest absolute Gasteiger partial charge is 0.508 e. The number of carbonyl (C=O) groups is 2. The number of carbonyl (C=O) groups excluding carboxylic acids is 2. The Morgan fingerprint density at radius 3 is 1.54 bits per heavy atom. The van der Waals surface area contributed by atoms with Gasteiger partial charge in [0.05, 0.1) is 11.1 Å². The van der Waals surface area contributed by atoms with Crippen LogP contribution in [0.4, 0.5) is 5.69 Å². The standard InChI is InChI=1S/C30H17NO10/c32-15-3-5-17-23(11-15)40-29(27(17)37)25(13-1-7-20(34)19(9-13)31-39)26(14-2-8-21(35)22(36)10-14)30-28(38)18-6-4-16(33)12-24(18)41-30/h1-12,32-36H/b29-25+,30-26-. The van der Waals surface area contributed by atoms with Gasteiger partial charge in [0.1, 0.15) is 34.4 Å². The SMILES string of the molecule is O=Nc1cc(C(/C(=C2\Oc3cc(O)ccc3C2=O)c2ccc(O)c(O)c2)=C2\Oc3cc(O)ccc3C2=O)ccc1O. The monoisotopic (exact) mass is 551 g/mol. The molecule has 4 aromatic rings. The maximum atomic E-state index is 13.7. The highest BCUT2D eigenvalue weighted by atomic mass is 16.5. The van der Waals surface area contributed by atoms with Crippen LogP contribution in [0, 0.1) is 4.91 Å². The molecular weight excluding hydrogens is 534 g/mol. The van der Waals surface area contributed by atoms with E-state index in [4.69, 9.17) is 9.47 Å². The number of hydrogen-bond acceptors (Lipinski definition) is 11. The highest BCUT2D eigenvalue weighted by Gasteiger charge is 2.38. The molecule has 0 radical (unpaired) electrons. The molecule has 0 bridgehead atoms. The van der Waals surface area contributed by atoms with E-state index in [0.29, 0.717) is 0 Å². The van der Waals surface area contributed by atoms with Crippen LogP contribution in [0.3, 0.4) is 0 Å². The topological polar surface area (TPSA) is 183 Å². The summed E-state index contributed by atoms with van der Waals surface area (Å²) in [7, 11) is 0.